The number of nitrogens with one attached hydrogen (secondary N) is 1. The van der Waals surface area contributed by atoms with Crippen LogP contribution in [-0.4, -0.2) is 96.3 Å². The van der Waals surface area contributed by atoms with Crippen molar-refractivity contribution in [3.05, 3.63) is 54.9 Å². The second-order valence-corrected chi connectivity index (χ2v) is 17.3. The van der Waals surface area contributed by atoms with E-state index in [0.717, 1.165) is 47.7 Å². The maximum absolute atomic E-state index is 14.6. The second kappa shape index (κ2) is 13.1. The van der Waals surface area contributed by atoms with Gasteiger partial charge in [0, 0.05) is 62.7 Å². The minimum Gasteiger partial charge on any atom is -0.378 e. The molecule has 0 spiro atoms. The maximum atomic E-state index is 14.6. The Bertz CT molecular complexity index is 1850. The number of alkyl halides is 1. The number of likely N-dealkylation sites (tertiary alicyclic amines) is 1. The van der Waals surface area contributed by atoms with Crippen molar-refractivity contribution in [3.63, 3.8) is 0 Å². The summed E-state index contributed by atoms with van der Waals surface area (Å²) in [7, 11) is -1.69. The van der Waals surface area contributed by atoms with Crippen molar-refractivity contribution in [1.29, 1.82) is 0 Å². The van der Waals surface area contributed by atoms with E-state index in [9.17, 15) is 17.6 Å². The summed E-state index contributed by atoms with van der Waals surface area (Å²) in [4.78, 5) is 32.7. The van der Waals surface area contributed by atoms with Gasteiger partial charge in [0.1, 0.15) is 17.8 Å². The Labute approximate surface area is 287 Å². The predicted molar refractivity (Wildman–Crippen MR) is 190 cm³/mol. The average Bonchev–Trinajstić information content (AvgIpc) is 3.55. The van der Waals surface area contributed by atoms with Gasteiger partial charge in [-0.1, -0.05) is 19.1 Å². The number of benzene rings is 1. The lowest BCUT2D eigenvalue weighted by Crippen LogP contribution is -2.58. The Balaban J connectivity index is 1.18. The van der Waals surface area contributed by atoms with Gasteiger partial charge in [0.2, 0.25) is 11.9 Å². The fourth-order valence-corrected chi connectivity index (χ4v) is 10.7. The second-order valence-electron chi connectivity index (χ2n) is 14.5. The van der Waals surface area contributed by atoms with Crippen molar-refractivity contribution >= 4 is 49.8 Å². The Hall–Kier alpha value is -3.84. The molecule has 11 nitrogen and oxygen atoms in total. The number of rotatable bonds is 8. The number of halogens is 1. The van der Waals surface area contributed by atoms with Gasteiger partial charge in [0.15, 0.2) is 9.84 Å². The van der Waals surface area contributed by atoms with E-state index < -0.39 is 26.9 Å². The summed E-state index contributed by atoms with van der Waals surface area (Å²) in [5.74, 6) is 1.54. The third-order valence-corrected chi connectivity index (χ3v) is 14.3. The highest BCUT2D eigenvalue weighted by Gasteiger charge is 2.49. The number of ether oxygens (including phenoxy) is 1. The van der Waals surface area contributed by atoms with Crippen LogP contribution in [0.2, 0.25) is 0 Å². The molecule has 4 saturated heterocycles. The number of carbonyl (C=O) groups is 1. The molecule has 1 N–H and O–H groups in total. The quantitative estimate of drug-likeness (QED) is 0.309. The smallest absolute Gasteiger partial charge is 0.246 e. The highest BCUT2D eigenvalue weighted by atomic mass is 32.2. The fraction of sp³-hybridized carbons (Fsp3) is 0.556. The van der Waals surface area contributed by atoms with E-state index in [4.69, 9.17) is 9.72 Å². The van der Waals surface area contributed by atoms with Crippen LogP contribution in [0.1, 0.15) is 64.0 Å². The first-order chi connectivity index (χ1) is 23.5. The van der Waals surface area contributed by atoms with Gasteiger partial charge >= 0.3 is 0 Å². The fourth-order valence-electron chi connectivity index (χ4n) is 8.25. The molecule has 2 aromatic heterocycles. The molecule has 49 heavy (non-hydrogen) atoms. The van der Waals surface area contributed by atoms with Gasteiger partial charge in [-0.05, 0) is 81.2 Å². The summed E-state index contributed by atoms with van der Waals surface area (Å²) in [6.45, 7) is 10.2. The van der Waals surface area contributed by atoms with Gasteiger partial charge < -0.3 is 24.8 Å². The number of anilines is 4. The number of methoxy groups -OCH3 is 1. The Kier molecular flexibility index (Phi) is 9.01. The van der Waals surface area contributed by atoms with Crippen molar-refractivity contribution in [1.82, 2.24) is 19.9 Å². The van der Waals surface area contributed by atoms with Crippen LogP contribution >= 0.6 is 0 Å². The SMILES string of the molecule is C=CC(=O)N1CCC[C@H]1c1ccc(N2CC([C@@H]3CCCC(C)(C)S3(=O)=O)C2)c2cnc(Nc3ccnc(N4CC[C@@H](OC)[C@@H](F)C4)n3)cc12. The van der Waals surface area contributed by atoms with Crippen LogP contribution in [0.3, 0.4) is 0 Å². The van der Waals surface area contributed by atoms with Crippen molar-refractivity contribution in [2.24, 2.45) is 5.92 Å². The summed E-state index contributed by atoms with van der Waals surface area (Å²) in [6, 6.07) is 7.85. The van der Waals surface area contributed by atoms with Gasteiger partial charge in [0.05, 0.1) is 28.7 Å². The molecule has 1 amide bonds. The first-order valence-electron chi connectivity index (χ1n) is 17.4. The zero-order chi connectivity index (χ0) is 34.5. The molecule has 0 aliphatic carbocycles. The minimum atomic E-state index is -3.23. The van der Waals surface area contributed by atoms with Crippen LogP contribution < -0.4 is 15.1 Å². The molecule has 0 unspecified atom stereocenters. The van der Waals surface area contributed by atoms with Gasteiger partial charge in [-0.3, -0.25) is 4.79 Å². The van der Waals surface area contributed by atoms with E-state index in [0.29, 0.717) is 56.6 Å². The molecule has 4 fully saturated rings. The predicted octanol–water partition coefficient (Wildman–Crippen LogP) is 5.36. The molecular weight excluding hydrogens is 646 g/mol. The summed E-state index contributed by atoms with van der Waals surface area (Å²) >= 11 is 0. The number of sulfone groups is 1. The Morgan fingerprint density at radius 2 is 1.86 bits per heavy atom. The first kappa shape index (κ1) is 33.6. The zero-order valence-corrected chi connectivity index (χ0v) is 29.3. The lowest BCUT2D eigenvalue weighted by atomic mass is 9.89. The highest BCUT2D eigenvalue weighted by Crippen LogP contribution is 2.44. The molecule has 6 heterocycles. The average molecular weight is 692 g/mol. The van der Waals surface area contributed by atoms with Crippen molar-refractivity contribution in [3.8, 4) is 0 Å². The minimum absolute atomic E-state index is 0.0867. The van der Waals surface area contributed by atoms with Crippen LogP contribution in [0.25, 0.3) is 10.8 Å². The van der Waals surface area contributed by atoms with Gasteiger partial charge in [-0.25, -0.2) is 22.8 Å². The van der Waals surface area contributed by atoms with Crippen molar-refractivity contribution in [2.75, 3.05) is 55.0 Å². The summed E-state index contributed by atoms with van der Waals surface area (Å²) in [6.07, 6.45) is 7.98. The Morgan fingerprint density at radius 3 is 2.61 bits per heavy atom. The normalized spacial score (nSPS) is 26.8. The molecular formula is C36H46FN7O4S. The van der Waals surface area contributed by atoms with E-state index in [1.165, 1.54) is 13.2 Å². The van der Waals surface area contributed by atoms with E-state index in [1.807, 2.05) is 35.9 Å². The van der Waals surface area contributed by atoms with Gasteiger partial charge in [0.25, 0.3) is 0 Å². The molecule has 4 aliphatic rings. The number of amides is 1. The number of piperidine rings is 1. The number of hydrogen-bond acceptors (Lipinski definition) is 10. The van der Waals surface area contributed by atoms with Crippen LogP contribution in [0.15, 0.2) is 49.3 Å². The van der Waals surface area contributed by atoms with E-state index in [2.05, 4.69) is 38.9 Å². The van der Waals surface area contributed by atoms with E-state index in [1.54, 1.807) is 12.3 Å². The molecule has 0 radical (unpaired) electrons. The number of nitrogens with zero attached hydrogens (tertiary/aromatic N) is 6. The summed E-state index contributed by atoms with van der Waals surface area (Å²) < 4.78 is 46.1. The molecule has 0 saturated carbocycles. The highest BCUT2D eigenvalue weighted by molar-refractivity contribution is 7.93. The molecule has 7 rings (SSSR count). The van der Waals surface area contributed by atoms with Crippen LogP contribution in [0, 0.1) is 5.92 Å². The maximum Gasteiger partial charge on any atom is 0.246 e. The number of fused-ring (bicyclic) bond motifs is 1. The topological polar surface area (TPSA) is 121 Å². The molecule has 1 aromatic carbocycles. The lowest BCUT2D eigenvalue weighted by molar-refractivity contribution is -0.126. The molecule has 3 aromatic rings. The lowest BCUT2D eigenvalue weighted by Gasteiger charge is -2.48. The number of pyridine rings is 1. The van der Waals surface area contributed by atoms with E-state index in [-0.39, 0.29) is 29.7 Å². The number of aromatic nitrogens is 3. The van der Waals surface area contributed by atoms with Crippen LogP contribution in [-0.2, 0) is 19.4 Å². The Morgan fingerprint density at radius 1 is 1.04 bits per heavy atom. The molecule has 0 bridgehead atoms. The van der Waals surface area contributed by atoms with Gasteiger partial charge in [-0.2, -0.15) is 4.98 Å². The number of carbonyl (C=O) groups excluding carboxylic acids is 1. The van der Waals surface area contributed by atoms with Crippen LogP contribution in [0.5, 0.6) is 0 Å². The monoisotopic (exact) mass is 691 g/mol. The zero-order valence-electron chi connectivity index (χ0n) is 28.5. The van der Waals surface area contributed by atoms with Crippen LogP contribution in [0.4, 0.5) is 27.7 Å². The third kappa shape index (κ3) is 6.13. The molecule has 262 valence electrons. The standard InChI is InChI=1S/C36H46FN7O4S/c1-5-34(45)44-16-7-8-29(44)24-10-11-28(43-20-23(21-43)31-9-6-14-36(2,3)49(31,46)47)26-19-39-33(18-25(24)26)40-32-12-15-38-35(41-32)42-17-13-30(48-4)27(37)22-42/h5,10-12,15,18-19,23,27,29-31H,1,6-9,13-14,16-17,20-22H2,2-4H3,(H,38,39,40,41)/t27-,29-,30+,31-/m0/s1. The first-order valence-corrected chi connectivity index (χ1v) is 18.9. The van der Waals surface area contributed by atoms with Gasteiger partial charge in [-0.15, -0.1) is 0 Å². The van der Waals surface area contributed by atoms with E-state index >= 15 is 0 Å². The third-order valence-electron chi connectivity index (χ3n) is 11.2. The summed E-state index contributed by atoms with van der Waals surface area (Å²) in [5.41, 5.74) is 2.04. The van der Waals surface area contributed by atoms with Crippen molar-refractivity contribution in [2.45, 2.75) is 80.7 Å². The summed E-state index contributed by atoms with van der Waals surface area (Å²) in [5, 5.41) is 4.93. The number of hydrogen-bond donors (Lipinski definition) is 1. The molecule has 4 aliphatic heterocycles. The molecule has 4 atom stereocenters. The molecule has 13 heteroatoms. The van der Waals surface area contributed by atoms with Crippen molar-refractivity contribution < 1.29 is 22.3 Å². The largest absolute Gasteiger partial charge is 0.378 e.